The molecule has 3 heteroatoms. The molecule has 96 valence electrons. The fourth-order valence-electron chi connectivity index (χ4n) is 1.91. The van der Waals surface area contributed by atoms with Gasteiger partial charge < -0.3 is 10.4 Å². The van der Waals surface area contributed by atoms with Gasteiger partial charge in [0.25, 0.3) is 0 Å². The lowest BCUT2D eigenvalue weighted by atomic mass is 10.1. The van der Waals surface area contributed by atoms with Gasteiger partial charge in [-0.1, -0.05) is 12.1 Å². The summed E-state index contributed by atoms with van der Waals surface area (Å²) >= 11 is 1.88. The summed E-state index contributed by atoms with van der Waals surface area (Å²) in [5.74, 6) is 1.50. The number of thioether (sulfide) groups is 1. The van der Waals surface area contributed by atoms with Crippen LogP contribution in [0.5, 0.6) is 5.75 Å². The maximum absolute atomic E-state index is 9.20. The molecule has 1 aromatic carbocycles. The molecule has 0 radical (unpaired) electrons. The molecular formula is C14H23NOS. The minimum absolute atomic E-state index is 0.341. The average Bonchev–Trinajstić information content (AvgIpc) is 2.28. The number of rotatable bonds is 7. The van der Waals surface area contributed by atoms with Crippen LogP contribution in [0, 0.1) is 0 Å². The fourth-order valence-corrected chi connectivity index (χ4v) is 2.51. The van der Waals surface area contributed by atoms with E-state index in [0.717, 1.165) is 18.6 Å². The van der Waals surface area contributed by atoms with E-state index in [1.165, 1.54) is 5.56 Å². The Morgan fingerprint density at radius 3 is 2.41 bits per heavy atom. The van der Waals surface area contributed by atoms with Crippen molar-refractivity contribution in [1.82, 2.24) is 5.32 Å². The zero-order chi connectivity index (χ0) is 12.7. The summed E-state index contributed by atoms with van der Waals surface area (Å²) in [7, 11) is 0. The predicted molar refractivity (Wildman–Crippen MR) is 76.9 cm³/mol. The Bertz CT molecular complexity index is 313. The van der Waals surface area contributed by atoms with Gasteiger partial charge >= 0.3 is 0 Å². The van der Waals surface area contributed by atoms with Crippen molar-refractivity contribution in [3.63, 3.8) is 0 Å². The van der Waals surface area contributed by atoms with Gasteiger partial charge in [0.1, 0.15) is 5.75 Å². The summed E-state index contributed by atoms with van der Waals surface area (Å²) < 4.78 is 0. The molecule has 0 saturated heterocycles. The molecule has 0 heterocycles. The molecule has 0 bridgehead atoms. The van der Waals surface area contributed by atoms with Crippen molar-refractivity contribution in [2.24, 2.45) is 0 Å². The summed E-state index contributed by atoms with van der Waals surface area (Å²) in [6.45, 7) is 4.46. The molecule has 0 aliphatic heterocycles. The van der Waals surface area contributed by atoms with Crippen molar-refractivity contribution in [3.05, 3.63) is 29.8 Å². The number of hydrogen-bond donors (Lipinski definition) is 2. The second-order valence-electron chi connectivity index (χ2n) is 4.63. The Labute approximate surface area is 109 Å². The van der Waals surface area contributed by atoms with Crippen LogP contribution in [-0.2, 0) is 6.42 Å². The lowest BCUT2D eigenvalue weighted by Gasteiger charge is -2.19. The minimum Gasteiger partial charge on any atom is -0.508 e. The fraction of sp³-hybridized carbons (Fsp3) is 0.571. The number of aryl methyl sites for hydroxylation is 1. The van der Waals surface area contributed by atoms with Gasteiger partial charge in [-0.05, 0) is 50.6 Å². The summed E-state index contributed by atoms with van der Waals surface area (Å²) in [6.07, 6.45) is 4.32. The van der Waals surface area contributed by atoms with E-state index in [2.05, 4.69) is 25.4 Å². The van der Waals surface area contributed by atoms with E-state index in [-0.39, 0.29) is 0 Å². The SMILES string of the molecule is CSCC(C)NC(C)CCc1ccc(O)cc1. The van der Waals surface area contributed by atoms with Crippen LogP contribution < -0.4 is 5.32 Å². The zero-order valence-corrected chi connectivity index (χ0v) is 11.8. The summed E-state index contributed by atoms with van der Waals surface area (Å²) in [5, 5.41) is 12.8. The average molecular weight is 253 g/mol. The molecule has 2 nitrogen and oxygen atoms in total. The Morgan fingerprint density at radius 2 is 1.82 bits per heavy atom. The standard InChI is InChI=1S/C14H23NOS/c1-11(15-12(2)10-17-3)4-5-13-6-8-14(16)9-7-13/h6-9,11-12,15-16H,4-5,10H2,1-3H3. The van der Waals surface area contributed by atoms with Crippen molar-refractivity contribution < 1.29 is 5.11 Å². The molecule has 0 saturated carbocycles. The normalized spacial score (nSPS) is 14.5. The molecule has 1 aromatic rings. The van der Waals surface area contributed by atoms with Crippen LogP contribution in [0.15, 0.2) is 24.3 Å². The molecule has 17 heavy (non-hydrogen) atoms. The van der Waals surface area contributed by atoms with Crippen LogP contribution in [0.4, 0.5) is 0 Å². The lowest BCUT2D eigenvalue weighted by Crippen LogP contribution is -2.36. The zero-order valence-electron chi connectivity index (χ0n) is 10.9. The van der Waals surface area contributed by atoms with Gasteiger partial charge in [0, 0.05) is 17.8 Å². The number of hydrogen-bond acceptors (Lipinski definition) is 3. The van der Waals surface area contributed by atoms with Gasteiger partial charge in [-0.2, -0.15) is 11.8 Å². The number of aromatic hydroxyl groups is 1. The summed E-state index contributed by atoms with van der Waals surface area (Å²) in [4.78, 5) is 0. The van der Waals surface area contributed by atoms with Gasteiger partial charge in [-0.25, -0.2) is 0 Å². The Morgan fingerprint density at radius 1 is 1.18 bits per heavy atom. The highest BCUT2D eigenvalue weighted by atomic mass is 32.2. The predicted octanol–water partition coefficient (Wildman–Crippen LogP) is 3.05. The minimum atomic E-state index is 0.341. The van der Waals surface area contributed by atoms with Crippen molar-refractivity contribution >= 4 is 11.8 Å². The third-order valence-electron chi connectivity index (χ3n) is 2.79. The maximum Gasteiger partial charge on any atom is 0.115 e. The third kappa shape index (κ3) is 5.99. The molecule has 2 N–H and O–H groups in total. The van der Waals surface area contributed by atoms with Crippen molar-refractivity contribution in [2.75, 3.05) is 12.0 Å². The molecule has 0 amide bonds. The third-order valence-corrected chi connectivity index (χ3v) is 3.62. The molecule has 0 aliphatic rings. The Hall–Kier alpha value is -0.670. The van der Waals surface area contributed by atoms with Crippen molar-refractivity contribution in [2.45, 2.75) is 38.8 Å². The van der Waals surface area contributed by atoms with E-state index in [4.69, 9.17) is 0 Å². The Balaban J connectivity index is 2.27. The monoisotopic (exact) mass is 253 g/mol. The smallest absolute Gasteiger partial charge is 0.115 e. The van der Waals surface area contributed by atoms with Crippen LogP contribution in [0.25, 0.3) is 0 Å². The molecule has 0 aliphatic carbocycles. The van der Waals surface area contributed by atoms with Gasteiger partial charge in [0.15, 0.2) is 0 Å². The summed E-state index contributed by atoms with van der Waals surface area (Å²) in [6, 6.07) is 8.60. The van der Waals surface area contributed by atoms with E-state index in [1.54, 1.807) is 12.1 Å². The van der Waals surface area contributed by atoms with Crippen LogP contribution in [0.2, 0.25) is 0 Å². The van der Waals surface area contributed by atoms with Gasteiger partial charge in [0.05, 0.1) is 0 Å². The molecule has 0 aromatic heterocycles. The first kappa shape index (κ1) is 14.4. The maximum atomic E-state index is 9.20. The van der Waals surface area contributed by atoms with Gasteiger partial charge in [0.2, 0.25) is 0 Å². The second kappa shape index (κ2) is 7.62. The molecule has 2 atom stereocenters. The largest absolute Gasteiger partial charge is 0.508 e. The molecule has 0 fully saturated rings. The first-order valence-corrected chi connectivity index (χ1v) is 7.54. The lowest BCUT2D eigenvalue weighted by molar-refractivity contribution is 0.468. The number of benzene rings is 1. The molecule has 0 spiro atoms. The van der Waals surface area contributed by atoms with Gasteiger partial charge in [-0.3, -0.25) is 0 Å². The Kier molecular flexibility index (Phi) is 6.45. The quantitative estimate of drug-likeness (QED) is 0.783. The molecule has 2 unspecified atom stereocenters. The highest BCUT2D eigenvalue weighted by Crippen LogP contribution is 2.12. The van der Waals surface area contributed by atoms with Crippen molar-refractivity contribution in [3.8, 4) is 5.75 Å². The van der Waals surface area contributed by atoms with E-state index in [0.29, 0.717) is 17.8 Å². The number of nitrogens with one attached hydrogen (secondary N) is 1. The van der Waals surface area contributed by atoms with E-state index >= 15 is 0 Å². The number of phenolic OH excluding ortho intramolecular Hbond substituents is 1. The van der Waals surface area contributed by atoms with Crippen LogP contribution in [0.1, 0.15) is 25.8 Å². The first-order chi connectivity index (χ1) is 8.11. The summed E-state index contributed by atoms with van der Waals surface area (Å²) in [5.41, 5.74) is 1.29. The van der Waals surface area contributed by atoms with Gasteiger partial charge in [-0.15, -0.1) is 0 Å². The highest BCUT2D eigenvalue weighted by Gasteiger charge is 2.06. The molecule has 1 rings (SSSR count). The van der Waals surface area contributed by atoms with Crippen LogP contribution in [-0.4, -0.2) is 29.2 Å². The first-order valence-electron chi connectivity index (χ1n) is 6.14. The highest BCUT2D eigenvalue weighted by molar-refractivity contribution is 7.98. The topological polar surface area (TPSA) is 32.3 Å². The second-order valence-corrected chi connectivity index (χ2v) is 5.54. The van der Waals surface area contributed by atoms with E-state index in [9.17, 15) is 5.11 Å². The van der Waals surface area contributed by atoms with E-state index < -0.39 is 0 Å². The van der Waals surface area contributed by atoms with Crippen molar-refractivity contribution in [1.29, 1.82) is 0 Å². The van der Waals surface area contributed by atoms with E-state index in [1.807, 2.05) is 23.9 Å². The molecular weight excluding hydrogens is 230 g/mol. The van der Waals surface area contributed by atoms with Crippen LogP contribution in [0.3, 0.4) is 0 Å². The van der Waals surface area contributed by atoms with Crippen LogP contribution >= 0.6 is 11.8 Å². The number of phenols is 1.